The predicted molar refractivity (Wildman–Crippen MR) is 45.3 cm³/mol. The van der Waals surface area contributed by atoms with Crippen molar-refractivity contribution in [3.8, 4) is 0 Å². The van der Waals surface area contributed by atoms with Gasteiger partial charge in [0.05, 0.1) is 0 Å². The Kier molecular flexibility index (Phi) is 2.84. The van der Waals surface area contributed by atoms with E-state index in [1.165, 1.54) is 0 Å². The van der Waals surface area contributed by atoms with E-state index >= 15 is 0 Å². The molecule has 0 aromatic heterocycles. The number of carbonyl (C=O) groups is 2. The molecule has 2 amide bonds. The molecule has 0 saturated carbocycles. The van der Waals surface area contributed by atoms with Gasteiger partial charge < -0.3 is 0 Å². The molecule has 1 atom stereocenters. The lowest BCUT2D eigenvalue weighted by molar-refractivity contribution is -0.135. The monoisotopic (exact) mass is 169 g/mol. The van der Waals surface area contributed by atoms with Crippen LogP contribution in [0.1, 0.15) is 33.1 Å². The molecule has 0 bridgehead atoms. The standard InChI is InChI=1S/C9H15NO2/c1-3-6(2)7-4-8(11)10-9(12)5-7/h6-7H,3-5H2,1-2H3,(H,10,11,12). The minimum absolute atomic E-state index is 0.114. The maximum Gasteiger partial charge on any atom is 0.226 e. The second-order valence-electron chi connectivity index (χ2n) is 3.53. The number of hydrogen-bond acceptors (Lipinski definition) is 2. The van der Waals surface area contributed by atoms with Crippen LogP contribution in [0, 0.1) is 11.8 Å². The third-order valence-electron chi connectivity index (χ3n) is 2.62. The first kappa shape index (κ1) is 9.23. The molecule has 3 heteroatoms. The van der Waals surface area contributed by atoms with E-state index in [1.807, 2.05) is 0 Å². The number of amides is 2. The van der Waals surface area contributed by atoms with Crippen molar-refractivity contribution in [1.29, 1.82) is 0 Å². The van der Waals surface area contributed by atoms with Crippen LogP contribution in [0.25, 0.3) is 0 Å². The quantitative estimate of drug-likeness (QED) is 0.629. The predicted octanol–water partition coefficient (Wildman–Crippen LogP) is 1.09. The van der Waals surface area contributed by atoms with Gasteiger partial charge in [-0.1, -0.05) is 20.3 Å². The Morgan fingerprint density at radius 3 is 2.33 bits per heavy atom. The van der Waals surface area contributed by atoms with Crippen molar-refractivity contribution in [3.05, 3.63) is 0 Å². The topological polar surface area (TPSA) is 46.2 Å². The minimum Gasteiger partial charge on any atom is -0.296 e. The molecule has 3 nitrogen and oxygen atoms in total. The molecule has 1 fully saturated rings. The average molecular weight is 169 g/mol. The fraction of sp³-hybridized carbons (Fsp3) is 0.778. The fourth-order valence-electron chi connectivity index (χ4n) is 1.54. The van der Waals surface area contributed by atoms with Crippen LogP contribution in [0.4, 0.5) is 0 Å². The molecule has 1 aliphatic heterocycles. The summed E-state index contributed by atoms with van der Waals surface area (Å²) >= 11 is 0. The lowest BCUT2D eigenvalue weighted by Gasteiger charge is -2.25. The van der Waals surface area contributed by atoms with E-state index in [9.17, 15) is 9.59 Å². The maximum atomic E-state index is 11.0. The molecule has 1 saturated heterocycles. The van der Waals surface area contributed by atoms with Crippen molar-refractivity contribution in [1.82, 2.24) is 5.32 Å². The first-order valence-electron chi connectivity index (χ1n) is 4.46. The molecule has 0 aromatic carbocycles. The van der Waals surface area contributed by atoms with Crippen molar-refractivity contribution in [2.24, 2.45) is 11.8 Å². The molecule has 0 spiro atoms. The van der Waals surface area contributed by atoms with Crippen LogP contribution in [0.15, 0.2) is 0 Å². The zero-order chi connectivity index (χ0) is 9.14. The number of piperidine rings is 1. The summed E-state index contributed by atoms with van der Waals surface area (Å²) in [5.41, 5.74) is 0. The van der Waals surface area contributed by atoms with E-state index in [0.717, 1.165) is 6.42 Å². The van der Waals surface area contributed by atoms with E-state index in [-0.39, 0.29) is 17.7 Å². The number of rotatable bonds is 2. The van der Waals surface area contributed by atoms with Gasteiger partial charge >= 0.3 is 0 Å². The molecule has 1 heterocycles. The van der Waals surface area contributed by atoms with Crippen LogP contribution in [0.3, 0.4) is 0 Å². The molecule has 0 aliphatic carbocycles. The minimum atomic E-state index is -0.114. The van der Waals surface area contributed by atoms with Crippen LogP contribution < -0.4 is 5.32 Å². The van der Waals surface area contributed by atoms with Gasteiger partial charge in [-0.2, -0.15) is 0 Å². The van der Waals surface area contributed by atoms with Gasteiger partial charge in [0, 0.05) is 12.8 Å². The first-order valence-corrected chi connectivity index (χ1v) is 4.46. The van der Waals surface area contributed by atoms with Crippen LogP contribution >= 0.6 is 0 Å². The number of carbonyl (C=O) groups excluding carboxylic acids is 2. The van der Waals surface area contributed by atoms with Crippen LogP contribution in [0.5, 0.6) is 0 Å². The third kappa shape index (κ3) is 2.06. The molecule has 1 unspecified atom stereocenters. The van der Waals surface area contributed by atoms with Gasteiger partial charge in [-0.25, -0.2) is 0 Å². The highest BCUT2D eigenvalue weighted by molar-refractivity contribution is 5.97. The summed E-state index contributed by atoms with van der Waals surface area (Å²) in [5.74, 6) is 0.504. The summed E-state index contributed by atoms with van der Waals surface area (Å²) in [5, 5.41) is 2.31. The van der Waals surface area contributed by atoms with Crippen LogP contribution in [0.2, 0.25) is 0 Å². The van der Waals surface area contributed by atoms with E-state index in [4.69, 9.17) is 0 Å². The molecule has 0 aromatic rings. The molecular formula is C9H15NO2. The number of hydrogen-bond donors (Lipinski definition) is 1. The van der Waals surface area contributed by atoms with E-state index in [2.05, 4.69) is 19.2 Å². The van der Waals surface area contributed by atoms with E-state index in [1.54, 1.807) is 0 Å². The smallest absolute Gasteiger partial charge is 0.226 e. The molecule has 0 radical (unpaired) electrons. The van der Waals surface area contributed by atoms with Crippen molar-refractivity contribution in [3.63, 3.8) is 0 Å². The van der Waals surface area contributed by atoms with E-state index < -0.39 is 0 Å². The molecule has 68 valence electrons. The fourth-order valence-corrected chi connectivity index (χ4v) is 1.54. The van der Waals surface area contributed by atoms with Gasteiger partial charge in [-0.3, -0.25) is 14.9 Å². The first-order chi connectivity index (χ1) is 5.63. The Morgan fingerprint density at radius 1 is 1.42 bits per heavy atom. The Balaban J connectivity index is 2.55. The van der Waals surface area contributed by atoms with Crippen molar-refractivity contribution >= 4 is 11.8 Å². The second kappa shape index (κ2) is 3.70. The van der Waals surface area contributed by atoms with Crippen LogP contribution in [-0.2, 0) is 9.59 Å². The number of nitrogens with one attached hydrogen (secondary N) is 1. The summed E-state index contributed by atoms with van der Waals surface area (Å²) in [6.45, 7) is 4.18. The largest absolute Gasteiger partial charge is 0.296 e. The summed E-state index contributed by atoms with van der Waals surface area (Å²) in [7, 11) is 0. The van der Waals surface area contributed by atoms with Crippen molar-refractivity contribution < 1.29 is 9.59 Å². The van der Waals surface area contributed by atoms with Crippen LogP contribution in [-0.4, -0.2) is 11.8 Å². The summed E-state index contributed by atoms with van der Waals surface area (Å²) in [6.07, 6.45) is 2.06. The Hall–Kier alpha value is -0.860. The Labute approximate surface area is 72.5 Å². The van der Waals surface area contributed by atoms with Crippen molar-refractivity contribution in [2.45, 2.75) is 33.1 Å². The highest BCUT2D eigenvalue weighted by Gasteiger charge is 2.27. The second-order valence-corrected chi connectivity index (χ2v) is 3.53. The average Bonchev–Trinajstić information content (AvgIpc) is 2.01. The molecule has 1 N–H and O–H groups in total. The summed E-state index contributed by atoms with van der Waals surface area (Å²) in [6, 6.07) is 0. The maximum absolute atomic E-state index is 11.0. The van der Waals surface area contributed by atoms with Gasteiger partial charge in [0.15, 0.2) is 0 Å². The SMILES string of the molecule is CCC(C)C1CC(=O)NC(=O)C1. The third-order valence-corrected chi connectivity index (χ3v) is 2.62. The van der Waals surface area contributed by atoms with Gasteiger partial charge in [0.1, 0.15) is 0 Å². The summed E-state index contributed by atoms with van der Waals surface area (Å²) < 4.78 is 0. The Bertz CT molecular complexity index is 185. The molecule has 1 rings (SSSR count). The molecule has 12 heavy (non-hydrogen) atoms. The van der Waals surface area contributed by atoms with Gasteiger partial charge in [0.25, 0.3) is 0 Å². The molecular weight excluding hydrogens is 154 g/mol. The van der Waals surface area contributed by atoms with E-state index in [0.29, 0.717) is 18.8 Å². The normalized spacial score (nSPS) is 22.2. The van der Waals surface area contributed by atoms with Gasteiger partial charge in [0.2, 0.25) is 11.8 Å². The van der Waals surface area contributed by atoms with Gasteiger partial charge in [-0.15, -0.1) is 0 Å². The number of imide groups is 1. The Morgan fingerprint density at radius 2 is 1.92 bits per heavy atom. The lowest BCUT2D eigenvalue weighted by Crippen LogP contribution is -2.40. The highest BCUT2D eigenvalue weighted by atomic mass is 16.2. The zero-order valence-electron chi connectivity index (χ0n) is 7.59. The highest BCUT2D eigenvalue weighted by Crippen LogP contribution is 2.24. The zero-order valence-corrected chi connectivity index (χ0v) is 7.59. The summed E-state index contributed by atoms with van der Waals surface area (Å²) in [4.78, 5) is 21.9. The van der Waals surface area contributed by atoms with Gasteiger partial charge in [-0.05, 0) is 11.8 Å². The van der Waals surface area contributed by atoms with Crippen molar-refractivity contribution in [2.75, 3.05) is 0 Å². The lowest BCUT2D eigenvalue weighted by atomic mass is 9.84. The molecule has 1 aliphatic rings.